The molecule has 0 fully saturated rings. The van der Waals surface area contributed by atoms with E-state index in [4.69, 9.17) is 15.4 Å². The van der Waals surface area contributed by atoms with E-state index in [0.717, 1.165) is 30.5 Å². The SMILES string of the molecule is O=S(=O)(Cl)c1ccc(Oc2ccc(C(F)(F)F)cc2)nc1. The maximum Gasteiger partial charge on any atom is 0.416 e. The minimum absolute atomic E-state index is 0.0267. The Bertz CT molecular complexity index is 728. The first kappa shape index (κ1) is 15.6. The summed E-state index contributed by atoms with van der Waals surface area (Å²) in [6.07, 6.45) is -3.44. The number of benzene rings is 1. The summed E-state index contributed by atoms with van der Waals surface area (Å²) in [4.78, 5) is 3.50. The second-order valence-electron chi connectivity index (χ2n) is 3.89. The highest BCUT2D eigenvalue weighted by molar-refractivity contribution is 8.13. The molecule has 0 atom stereocenters. The molecule has 9 heteroatoms. The Hall–Kier alpha value is -1.80. The van der Waals surface area contributed by atoms with Gasteiger partial charge in [-0.05, 0) is 30.3 Å². The number of hydrogen-bond acceptors (Lipinski definition) is 4. The van der Waals surface area contributed by atoms with Gasteiger partial charge in [-0.25, -0.2) is 13.4 Å². The zero-order valence-electron chi connectivity index (χ0n) is 10.1. The van der Waals surface area contributed by atoms with Gasteiger partial charge in [0.25, 0.3) is 9.05 Å². The molecule has 2 rings (SSSR count). The summed E-state index contributed by atoms with van der Waals surface area (Å²) in [6, 6.07) is 6.43. The van der Waals surface area contributed by atoms with E-state index in [-0.39, 0.29) is 16.5 Å². The minimum Gasteiger partial charge on any atom is -0.439 e. The number of alkyl halides is 3. The predicted molar refractivity (Wildman–Crippen MR) is 68.8 cm³/mol. The molecule has 2 aromatic rings. The van der Waals surface area contributed by atoms with E-state index in [9.17, 15) is 21.6 Å². The molecule has 0 aliphatic heterocycles. The number of hydrogen-bond donors (Lipinski definition) is 0. The van der Waals surface area contributed by atoms with Crippen LogP contribution in [0.15, 0.2) is 47.5 Å². The van der Waals surface area contributed by atoms with Gasteiger partial charge in [0, 0.05) is 16.7 Å². The van der Waals surface area contributed by atoms with Crippen LogP contribution in [0.25, 0.3) is 0 Å². The van der Waals surface area contributed by atoms with Gasteiger partial charge in [0.15, 0.2) is 0 Å². The zero-order chi connectivity index (χ0) is 15.7. The van der Waals surface area contributed by atoms with Crippen LogP contribution in [0.1, 0.15) is 5.56 Å². The average molecular weight is 338 g/mol. The van der Waals surface area contributed by atoms with Crippen molar-refractivity contribution in [1.82, 2.24) is 4.98 Å². The normalized spacial score (nSPS) is 12.2. The number of aromatic nitrogens is 1. The molecule has 112 valence electrons. The van der Waals surface area contributed by atoms with Gasteiger partial charge in [-0.3, -0.25) is 0 Å². The van der Waals surface area contributed by atoms with Crippen molar-refractivity contribution in [3.8, 4) is 11.6 Å². The fourth-order valence-electron chi connectivity index (χ4n) is 1.40. The number of nitrogens with zero attached hydrogens (tertiary/aromatic N) is 1. The lowest BCUT2D eigenvalue weighted by molar-refractivity contribution is -0.137. The standard InChI is InChI=1S/C12H7ClF3NO3S/c13-21(18,19)10-5-6-11(17-7-10)20-9-3-1-8(2-4-9)12(14,15)16/h1-7H. The third-order valence-electron chi connectivity index (χ3n) is 2.39. The van der Waals surface area contributed by atoms with E-state index < -0.39 is 20.8 Å². The monoisotopic (exact) mass is 337 g/mol. The van der Waals surface area contributed by atoms with E-state index in [1.807, 2.05) is 0 Å². The van der Waals surface area contributed by atoms with E-state index in [0.29, 0.717) is 0 Å². The van der Waals surface area contributed by atoms with E-state index in [2.05, 4.69) is 4.98 Å². The first-order valence-electron chi connectivity index (χ1n) is 5.42. The second kappa shape index (κ2) is 5.53. The number of pyridine rings is 1. The third kappa shape index (κ3) is 4.08. The fourth-order valence-corrected chi connectivity index (χ4v) is 2.09. The molecule has 0 N–H and O–H groups in total. The average Bonchev–Trinajstić information content (AvgIpc) is 2.38. The molecule has 0 saturated heterocycles. The van der Waals surface area contributed by atoms with Gasteiger partial charge in [-0.1, -0.05) is 0 Å². The van der Waals surface area contributed by atoms with Crippen LogP contribution in [0.5, 0.6) is 11.6 Å². The van der Waals surface area contributed by atoms with Crippen LogP contribution in [0.2, 0.25) is 0 Å². The molecule has 0 unspecified atom stereocenters. The van der Waals surface area contributed by atoms with Crippen molar-refractivity contribution in [2.75, 3.05) is 0 Å². The molecule has 0 saturated carbocycles. The Labute approximate surface area is 122 Å². The summed E-state index contributed by atoms with van der Waals surface area (Å²) in [5.41, 5.74) is -0.800. The molecular weight excluding hydrogens is 331 g/mol. The maximum absolute atomic E-state index is 12.4. The first-order valence-corrected chi connectivity index (χ1v) is 7.73. The summed E-state index contributed by atoms with van der Waals surface area (Å²) in [7, 11) is 1.23. The van der Waals surface area contributed by atoms with Gasteiger partial charge in [0.2, 0.25) is 5.88 Å². The summed E-state index contributed by atoms with van der Waals surface area (Å²) in [5, 5.41) is 0. The van der Waals surface area contributed by atoms with Crippen molar-refractivity contribution >= 4 is 19.7 Å². The van der Waals surface area contributed by atoms with E-state index >= 15 is 0 Å². The first-order chi connectivity index (χ1) is 9.66. The lowest BCUT2D eigenvalue weighted by Gasteiger charge is -2.08. The van der Waals surface area contributed by atoms with Crippen molar-refractivity contribution in [3.63, 3.8) is 0 Å². The fraction of sp³-hybridized carbons (Fsp3) is 0.0833. The molecule has 21 heavy (non-hydrogen) atoms. The molecule has 1 aromatic heterocycles. The Kier molecular flexibility index (Phi) is 4.11. The van der Waals surface area contributed by atoms with Gasteiger partial charge >= 0.3 is 6.18 Å². The number of halogens is 4. The van der Waals surface area contributed by atoms with Crippen molar-refractivity contribution in [2.24, 2.45) is 0 Å². The van der Waals surface area contributed by atoms with Gasteiger partial charge in [-0.15, -0.1) is 0 Å². The van der Waals surface area contributed by atoms with Crippen molar-refractivity contribution in [3.05, 3.63) is 48.2 Å². The van der Waals surface area contributed by atoms with Crippen molar-refractivity contribution in [1.29, 1.82) is 0 Å². The quantitative estimate of drug-likeness (QED) is 0.799. The summed E-state index contributed by atoms with van der Waals surface area (Å²) in [6.45, 7) is 0. The molecule has 4 nitrogen and oxygen atoms in total. The van der Waals surface area contributed by atoms with Crippen LogP contribution in [0.3, 0.4) is 0 Å². The van der Waals surface area contributed by atoms with E-state index in [1.165, 1.54) is 12.1 Å². The lowest BCUT2D eigenvalue weighted by Crippen LogP contribution is -2.04. The van der Waals surface area contributed by atoms with E-state index in [1.54, 1.807) is 0 Å². The van der Waals surface area contributed by atoms with Crippen LogP contribution in [-0.4, -0.2) is 13.4 Å². The Morgan fingerprint density at radius 2 is 1.67 bits per heavy atom. The molecule has 1 heterocycles. The third-order valence-corrected chi connectivity index (χ3v) is 3.73. The molecule has 0 aliphatic rings. The van der Waals surface area contributed by atoms with Crippen LogP contribution < -0.4 is 4.74 Å². The summed E-state index contributed by atoms with van der Waals surface area (Å²) >= 11 is 0. The Balaban J connectivity index is 2.15. The largest absolute Gasteiger partial charge is 0.439 e. The van der Waals surface area contributed by atoms with Crippen molar-refractivity contribution in [2.45, 2.75) is 11.1 Å². The molecule has 0 radical (unpaired) electrons. The number of rotatable bonds is 3. The predicted octanol–water partition coefficient (Wildman–Crippen LogP) is 3.82. The molecule has 0 spiro atoms. The summed E-state index contributed by atoms with van der Waals surface area (Å²) in [5.74, 6) is 0.163. The Morgan fingerprint density at radius 3 is 2.10 bits per heavy atom. The van der Waals surface area contributed by atoms with Gasteiger partial charge in [0.05, 0.1) is 11.8 Å². The highest BCUT2D eigenvalue weighted by Gasteiger charge is 2.30. The highest BCUT2D eigenvalue weighted by Crippen LogP contribution is 2.31. The summed E-state index contributed by atoms with van der Waals surface area (Å²) < 4.78 is 64.4. The molecule has 0 aliphatic carbocycles. The molecular formula is C12H7ClF3NO3S. The van der Waals surface area contributed by atoms with Gasteiger partial charge in [-0.2, -0.15) is 13.2 Å². The van der Waals surface area contributed by atoms with Crippen LogP contribution >= 0.6 is 10.7 Å². The zero-order valence-corrected chi connectivity index (χ0v) is 11.7. The maximum atomic E-state index is 12.4. The molecule has 1 aromatic carbocycles. The van der Waals surface area contributed by atoms with Gasteiger partial charge in [0.1, 0.15) is 10.6 Å². The van der Waals surface area contributed by atoms with Crippen LogP contribution in [-0.2, 0) is 15.2 Å². The smallest absolute Gasteiger partial charge is 0.416 e. The molecule has 0 bridgehead atoms. The van der Waals surface area contributed by atoms with Crippen LogP contribution in [0.4, 0.5) is 13.2 Å². The topological polar surface area (TPSA) is 56.3 Å². The molecule has 0 amide bonds. The van der Waals surface area contributed by atoms with Crippen molar-refractivity contribution < 1.29 is 26.3 Å². The Morgan fingerprint density at radius 1 is 1.05 bits per heavy atom. The van der Waals surface area contributed by atoms with Gasteiger partial charge < -0.3 is 4.74 Å². The number of ether oxygens (including phenoxy) is 1. The minimum atomic E-state index is -4.42. The lowest BCUT2D eigenvalue weighted by atomic mass is 10.2. The highest BCUT2D eigenvalue weighted by atomic mass is 35.7. The second-order valence-corrected chi connectivity index (χ2v) is 6.46. The van der Waals surface area contributed by atoms with Crippen LogP contribution in [0, 0.1) is 0 Å².